The highest BCUT2D eigenvalue weighted by Gasteiger charge is 2.30. The number of phosphoric ester groups is 2. The van der Waals surface area contributed by atoms with Gasteiger partial charge >= 0.3 is 39.5 Å². The predicted octanol–water partition coefficient (Wildman–Crippen LogP) is 20.5. The van der Waals surface area contributed by atoms with Crippen LogP contribution in [0.3, 0.4) is 0 Å². The van der Waals surface area contributed by atoms with Crippen molar-refractivity contribution in [2.75, 3.05) is 39.6 Å². The number of hydrogen-bond donors (Lipinski definition) is 3. The van der Waals surface area contributed by atoms with Crippen LogP contribution < -0.4 is 0 Å². The van der Waals surface area contributed by atoms with E-state index in [1.807, 2.05) is 0 Å². The summed E-state index contributed by atoms with van der Waals surface area (Å²) >= 11 is 0. The van der Waals surface area contributed by atoms with Crippen LogP contribution in [0.5, 0.6) is 0 Å². The number of carbonyl (C=O) groups is 4. The average Bonchev–Trinajstić information content (AvgIpc) is 3.01. The molecular formula is C71H138O17P2. The fourth-order valence-corrected chi connectivity index (χ4v) is 12.4. The molecule has 17 nitrogen and oxygen atoms in total. The van der Waals surface area contributed by atoms with E-state index in [2.05, 4.69) is 34.6 Å². The van der Waals surface area contributed by atoms with Gasteiger partial charge in [0.25, 0.3) is 0 Å². The van der Waals surface area contributed by atoms with Crippen molar-refractivity contribution in [2.24, 2.45) is 5.92 Å². The Kier molecular flexibility index (Phi) is 63.0. The van der Waals surface area contributed by atoms with Crippen molar-refractivity contribution in [3.8, 4) is 0 Å². The lowest BCUT2D eigenvalue weighted by Crippen LogP contribution is -2.30. The normalized spacial score (nSPS) is 14.1. The maximum Gasteiger partial charge on any atom is 0.472 e. The van der Waals surface area contributed by atoms with Crippen molar-refractivity contribution in [2.45, 2.75) is 387 Å². The maximum absolute atomic E-state index is 13.0. The van der Waals surface area contributed by atoms with Crippen LogP contribution in [0.1, 0.15) is 369 Å². The number of unbranched alkanes of at least 4 members (excludes halogenated alkanes) is 43. The van der Waals surface area contributed by atoms with Crippen LogP contribution in [-0.4, -0.2) is 96.7 Å². The first-order chi connectivity index (χ1) is 43.5. The fraction of sp³-hybridized carbons (Fsp3) is 0.944. The zero-order valence-corrected chi connectivity index (χ0v) is 60.1. The van der Waals surface area contributed by atoms with Crippen LogP contribution in [0.15, 0.2) is 0 Å². The topological polar surface area (TPSA) is 237 Å². The van der Waals surface area contributed by atoms with Crippen LogP contribution in [0.25, 0.3) is 0 Å². The van der Waals surface area contributed by atoms with E-state index in [0.29, 0.717) is 25.7 Å². The lowest BCUT2D eigenvalue weighted by atomic mass is 10.0. The SMILES string of the molecule is CCCCCCCCCCCCCCCCCCCCCCCC(=O)O[C@H](COC(=O)CCCCCCCCCCCC(C)C)COP(=O)(O)OC[C@@H](O)COP(=O)(O)OC[C@@H](COC(=O)CCCCCCC)OC(=O)CCCCCCCCCCCCCC. The third kappa shape index (κ3) is 64.8. The van der Waals surface area contributed by atoms with Crippen LogP contribution in [0, 0.1) is 5.92 Å². The van der Waals surface area contributed by atoms with Gasteiger partial charge in [0.1, 0.15) is 19.3 Å². The number of aliphatic hydroxyl groups excluding tert-OH is 1. The molecule has 0 amide bonds. The Morgan fingerprint density at radius 2 is 0.511 bits per heavy atom. The first-order valence-corrected chi connectivity index (χ1v) is 40.1. The summed E-state index contributed by atoms with van der Waals surface area (Å²) in [4.78, 5) is 72.3. The molecule has 0 rings (SSSR count). The zero-order valence-electron chi connectivity index (χ0n) is 58.3. The van der Waals surface area contributed by atoms with Gasteiger partial charge in [-0.05, 0) is 31.6 Å². The van der Waals surface area contributed by atoms with Crippen molar-refractivity contribution >= 4 is 39.5 Å². The van der Waals surface area contributed by atoms with E-state index in [-0.39, 0.29) is 25.7 Å². The molecule has 0 aliphatic heterocycles. The van der Waals surface area contributed by atoms with E-state index in [9.17, 15) is 43.2 Å². The van der Waals surface area contributed by atoms with Gasteiger partial charge in [-0.2, -0.15) is 0 Å². The van der Waals surface area contributed by atoms with E-state index in [1.54, 1.807) is 0 Å². The Hall–Kier alpha value is -1.94. The summed E-state index contributed by atoms with van der Waals surface area (Å²) in [5.74, 6) is -1.39. The highest BCUT2D eigenvalue weighted by atomic mass is 31.2. The third-order valence-electron chi connectivity index (χ3n) is 16.5. The van der Waals surface area contributed by atoms with Gasteiger partial charge in [0, 0.05) is 25.7 Å². The van der Waals surface area contributed by atoms with Crippen LogP contribution in [-0.2, 0) is 65.4 Å². The first-order valence-electron chi connectivity index (χ1n) is 37.1. The molecule has 0 aromatic carbocycles. The van der Waals surface area contributed by atoms with Crippen LogP contribution in [0.4, 0.5) is 0 Å². The van der Waals surface area contributed by atoms with Crippen molar-refractivity contribution in [1.29, 1.82) is 0 Å². The quantitative estimate of drug-likeness (QED) is 0.0222. The minimum absolute atomic E-state index is 0.107. The molecule has 0 saturated heterocycles. The molecule has 0 aliphatic rings. The molecule has 0 radical (unpaired) electrons. The molecule has 0 spiro atoms. The minimum atomic E-state index is -4.95. The lowest BCUT2D eigenvalue weighted by molar-refractivity contribution is -0.161. The summed E-state index contributed by atoms with van der Waals surface area (Å²) in [6.45, 7) is 7.14. The van der Waals surface area contributed by atoms with Gasteiger partial charge in [-0.3, -0.25) is 37.3 Å². The molecular weight excluding hydrogens is 1190 g/mol. The molecule has 0 aliphatic carbocycles. The second-order valence-electron chi connectivity index (χ2n) is 26.1. The van der Waals surface area contributed by atoms with E-state index < -0.39 is 97.5 Å². The third-order valence-corrected chi connectivity index (χ3v) is 18.4. The van der Waals surface area contributed by atoms with Gasteiger partial charge < -0.3 is 33.8 Å². The molecule has 90 heavy (non-hydrogen) atoms. The van der Waals surface area contributed by atoms with Gasteiger partial charge in [0.2, 0.25) is 0 Å². The largest absolute Gasteiger partial charge is 0.472 e. The number of phosphoric acid groups is 2. The summed E-state index contributed by atoms with van der Waals surface area (Å²) < 4.78 is 68.1. The van der Waals surface area contributed by atoms with Crippen molar-refractivity contribution < 1.29 is 80.2 Å². The van der Waals surface area contributed by atoms with E-state index >= 15 is 0 Å². The summed E-state index contributed by atoms with van der Waals surface area (Å²) in [5, 5.41) is 10.6. The minimum Gasteiger partial charge on any atom is -0.462 e. The number of carbonyl (C=O) groups excluding carboxylic acids is 4. The van der Waals surface area contributed by atoms with Crippen LogP contribution >= 0.6 is 15.6 Å². The summed E-state index contributed by atoms with van der Waals surface area (Å²) in [6.07, 6.45) is 51.9. The number of hydrogen-bond acceptors (Lipinski definition) is 15. The van der Waals surface area contributed by atoms with Crippen LogP contribution in [0.2, 0.25) is 0 Å². The lowest BCUT2D eigenvalue weighted by Gasteiger charge is -2.21. The Bertz CT molecular complexity index is 1740. The molecule has 0 aromatic rings. The smallest absolute Gasteiger partial charge is 0.462 e. The van der Waals surface area contributed by atoms with Gasteiger partial charge in [-0.25, -0.2) is 9.13 Å². The molecule has 2 unspecified atom stereocenters. The molecule has 534 valence electrons. The second kappa shape index (κ2) is 64.4. The molecule has 0 fully saturated rings. The number of ether oxygens (including phenoxy) is 4. The molecule has 19 heteroatoms. The van der Waals surface area contributed by atoms with E-state index in [1.165, 1.54) is 186 Å². The number of aliphatic hydroxyl groups is 1. The summed E-state index contributed by atoms with van der Waals surface area (Å²) in [7, 11) is -9.89. The standard InChI is InChI=1S/C71H138O17P2/c1-6-9-12-15-17-19-21-23-24-25-26-27-28-29-30-31-33-37-42-47-52-57-71(76)88-67(61-82-69(74)55-50-45-40-38-34-35-39-44-48-53-64(4)5)63-86-90(79,80)84-59-65(72)58-83-89(77,78)85-62-66(60-81-68(73)54-49-43-14-11-8-3)87-70(75)56-51-46-41-36-32-22-20-18-16-13-10-7-2/h64-67,72H,6-63H2,1-5H3,(H,77,78)(H,79,80)/t65-,66+,67+/m0/s1. The van der Waals surface area contributed by atoms with E-state index in [0.717, 1.165) is 102 Å². The molecule has 3 N–H and O–H groups in total. The van der Waals surface area contributed by atoms with Crippen molar-refractivity contribution in [3.05, 3.63) is 0 Å². The number of rotatable bonds is 71. The summed E-state index contributed by atoms with van der Waals surface area (Å²) in [5.41, 5.74) is 0. The molecule has 0 aromatic heterocycles. The molecule has 5 atom stereocenters. The first kappa shape index (κ1) is 88.1. The Morgan fingerprint density at radius 3 is 0.756 bits per heavy atom. The Balaban J connectivity index is 5.10. The zero-order chi connectivity index (χ0) is 66.3. The molecule has 0 bridgehead atoms. The molecule has 0 saturated carbocycles. The van der Waals surface area contributed by atoms with Gasteiger partial charge in [-0.15, -0.1) is 0 Å². The average molecular weight is 1330 g/mol. The maximum atomic E-state index is 13.0. The monoisotopic (exact) mass is 1320 g/mol. The van der Waals surface area contributed by atoms with Gasteiger partial charge in [-0.1, -0.05) is 317 Å². The Labute approximate surface area is 549 Å². The number of esters is 4. The van der Waals surface area contributed by atoms with Gasteiger partial charge in [0.05, 0.1) is 26.4 Å². The molecule has 0 heterocycles. The highest BCUT2D eigenvalue weighted by molar-refractivity contribution is 7.47. The van der Waals surface area contributed by atoms with E-state index in [4.69, 9.17) is 37.0 Å². The van der Waals surface area contributed by atoms with Crippen molar-refractivity contribution in [3.63, 3.8) is 0 Å². The van der Waals surface area contributed by atoms with Crippen molar-refractivity contribution in [1.82, 2.24) is 0 Å². The highest BCUT2D eigenvalue weighted by Crippen LogP contribution is 2.45. The fourth-order valence-electron chi connectivity index (χ4n) is 10.8. The Morgan fingerprint density at radius 1 is 0.300 bits per heavy atom. The predicted molar refractivity (Wildman–Crippen MR) is 363 cm³/mol. The van der Waals surface area contributed by atoms with Gasteiger partial charge in [0.15, 0.2) is 12.2 Å². The second-order valence-corrected chi connectivity index (χ2v) is 29.0. The summed E-state index contributed by atoms with van der Waals surface area (Å²) in [6, 6.07) is 0.